The van der Waals surface area contributed by atoms with E-state index < -0.39 is 0 Å². The van der Waals surface area contributed by atoms with Crippen LogP contribution in [-0.4, -0.2) is 15.0 Å². The molecule has 12 aromatic rings. The van der Waals surface area contributed by atoms with Gasteiger partial charge in [0.1, 0.15) is 11.3 Å². The molecule has 0 spiro atoms. The predicted molar refractivity (Wildman–Crippen MR) is 244 cm³/mol. The highest BCUT2D eigenvalue weighted by molar-refractivity contribution is 6.27. The smallest absolute Gasteiger partial charge is 0.162 e. The number of nitrogens with zero attached hydrogens (tertiary/aromatic N) is 3. The zero-order valence-electron chi connectivity index (χ0n) is 31.8. The average molecular weight is 752 g/mol. The molecule has 0 aliphatic rings. The van der Waals surface area contributed by atoms with Crippen LogP contribution in [0.4, 0.5) is 0 Å². The Balaban J connectivity index is 1.05. The molecule has 0 saturated heterocycles. The first-order chi connectivity index (χ1) is 29.2. The summed E-state index contributed by atoms with van der Waals surface area (Å²) in [6.07, 6.45) is 0. The summed E-state index contributed by atoms with van der Waals surface area (Å²) in [5.41, 5.74) is 11.3. The van der Waals surface area contributed by atoms with Crippen molar-refractivity contribution in [3.05, 3.63) is 200 Å². The Labute approximate surface area is 339 Å². The number of fused-ring (bicyclic) bond motifs is 11. The van der Waals surface area contributed by atoms with Crippen LogP contribution in [0.1, 0.15) is 0 Å². The number of aromatic nitrogens is 3. The summed E-state index contributed by atoms with van der Waals surface area (Å²) in [7, 11) is 0. The molecule has 3 aromatic heterocycles. The first kappa shape index (κ1) is 33.2. The van der Waals surface area contributed by atoms with E-state index in [1.807, 2.05) is 48.5 Å². The number of hydrogen-bond acceptors (Lipinski definition) is 4. The van der Waals surface area contributed by atoms with E-state index in [9.17, 15) is 0 Å². The molecule has 0 aliphatic carbocycles. The second-order valence-electron chi connectivity index (χ2n) is 15.1. The minimum atomic E-state index is 0.679. The minimum absolute atomic E-state index is 0.679. The van der Waals surface area contributed by atoms with E-state index >= 15 is 0 Å². The fraction of sp³-hybridized carbons (Fsp3) is 0. The van der Waals surface area contributed by atoms with Crippen LogP contribution >= 0.6 is 0 Å². The Morgan fingerprint density at radius 2 is 0.831 bits per heavy atom. The number of rotatable bonds is 5. The highest BCUT2D eigenvalue weighted by atomic mass is 16.3. The molecular weight excluding hydrogens is 719 g/mol. The average Bonchev–Trinajstić information content (AvgIpc) is 3.72. The lowest BCUT2D eigenvalue weighted by Gasteiger charge is -2.14. The Hall–Kier alpha value is -7.95. The van der Waals surface area contributed by atoms with Crippen LogP contribution in [-0.2, 0) is 0 Å². The normalized spacial score (nSPS) is 11.7. The summed E-state index contributed by atoms with van der Waals surface area (Å²) >= 11 is 0. The third-order valence-electron chi connectivity index (χ3n) is 11.7. The molecule has 3 heterocycles. The van der Waals surface area contributed by atoms with Crippen molar-refractivity contribution in [2.75, 3.05) is 0 Å². The standard InChI is InChI=1S/C55H33N3O/c1-3-14-35(15-4-1)48-33-49(36-16-5-2-6-17-36)57-55(56-48)37-28-26-34(27-29-37)39-23-13-24-46-51-45-22-11-12-25-50(45)59-54(51)52(58-53(39)46)38-30-31-44-42-20-8-7-18-40(42)41-19-9-10-21-43(41)47(44)32-38/h1-33H. The Morgan fingerprint density at radius 1 is 0.322 bits per heavy atom. The van der Waals surface area contributed by atoms with E-state index in [1.165, 1.54) is 32.3 Å². The molecule has 0 radical (unpaired) electrons. The molecule has 0 bridgehead atoms. The van der Waals surface area contributed by atoms with Gasteiger partial charge in [-0.2, -0.15) is 0 Å². The summed E-state index contributed by atoms with van der Waals surface area (Å²) in [5.74, 6) is 0.679. The maximum atomic E-state index is 6.73. The largest absolute Gasteiger partial charge is 0.454 e. The van der Waals surface area contributed by atoms with Crippen LogP contribution in [0.3, 0.4) is 0 Å². The van der Waals surface area contributed by atoms with Gasteiger partial charge in [-0.25, -0.2) is 15.0 Å². The lowest BCUT2D eigenvalue weighted by molar-refractivity contribution is 0.669. The Kier molecular flexibility index (Phi) is 7.50. The molecular formula is C55H33N3O. The quantitative estimate of drug-likeness (QED) is 0.164. The van der Waals surface area contributed by atoms with Crippen molar-refractivity contribution < 1.29 is 4.42 Å². The van der Waals surface area contributed by atoms with Gasteiger partial charge in [0.25, 0.3) is 0 Å². The lowest BCUT2D eigenvalue weighted by Crippen LogP contribution is -1.96. The predicted octanol–water partition coefficient (Wildman–Crippen LogP) is 14.7. The summed E-state index contributed by atoms with van der Waals surface area (Å²) in [6, 6.07) is 70.2. The maximum Gasteiger partial charge on any atom is 0.162 e. The van der Waals surface area contributed by atoms with E-state index in [-0.39, 0.29) is 0 Å². The SMILES string of the molecule is c1ccc(-c2cc(-c3ccccc3)nc(-c3ccc(-c4cccc5c4nc(-c4ccc6c7ccccc7c7ccccc7c6c4)c4oc6ccccc6c45)cc3)n2)cc1. The van der Waals surface area contributed by atoms with Crippen molar-refractivity contribution in [3.8, 4) is 56.3 Å². The fourth-order valence-corrected chi connectivity index (χ4v) is 8.88. The first-order valence-electron chi connectivity index (χ1n) is 19.9. The molecule has 0 saturated carbocycles. The van der Waals surface area contributed by atoms with Crippen LogP contribution in [0.5, 0.6) is 0 Å². The minimum Gasteiger partial charge on any atom is -0.454 e. The Morgan fingerprint density at radius 3 is 1.47 bits per heavy atom. The van der Waals surface area contributed by atoms with Crippen molar-refractivity contribution >= 4 is 65.2 Å². The molecule has 0 unspecified atom stereocenters. The topological polar surface area (TPSA) is 51.8 Å². The maximum absolute atomic E-state index is 6.73. The van der Waals surface area contributed by atoms with Crippen molar-refractivity contribution in [2.45, 2.75) is 0 Å². The highest BCUT2D eigenvalue weighted by Gasteiger charge is 2.21. The molecule has 9 aromatic carbocycles. The van der Waals surface area contributed by atoms with Crippen molar-refractivity contribution in [2.24, 2.45) is 0 Å². The zero-order chi connectivity index (χ0) is 38.9. The number of hydrogen-bond donors (Lipinski definition) is 0. The number of pyridine rings is 1. The van der Waals surface area contributed by atoms with Gasteiger partial charge in [-0.15, -0.1) is 0 Å². The lowest BCUT2D eigenvalue weighted by atomic mass is 9.92. The van der Waals surface area contributed by atoms with Gasteiger partial charge in [-0.1, -0.05) is 182 Å². The van der Waals surface area contributed by atoms with E-state index in [1.54, 1.807) is 0 Å². The molecule has 12 rings (SSSR count). The molecule has 0 aliphatic heterocycles. The molecule has 0 fully saturated rings. The number of furan rings is 1. The van der Waals surface area contributed by atoms with Gasteiger partial charge >= 0.3 is 0 Å². The first-order valence-corrected chi connectivity index (χ1v) is 19.9. The molecule has 0 N–H and O–H groups in total. The van der Waals surface area contributed by atoms with Gasteiger partial charge in [0.05, 0.1) is 16.9 Å². The van der Waals surface area contributed by atoms with Crippen molar-refractivity contribution in [1.82, 2.24) is 15.0 Å². The van der Waals surface area contributed by atoms with E-state index in [0.29, 0.717) is 5.82 Å². The van der Waals surface area contributed by atoms with Crippen LogP contribution in [0, 0.1) is 0 Å². The van der Waals surface area contributed by atoms with E-state index in [0.717, 1.165) is 83.3 Å². The van der Waals surface area contributed by atoms with Gasteiger partial charge < -0.3 is 4.42 Å². The van der Waals surface area contributed by atoms with Gasteiger partial charge in [0.15, 0.2) is 11.4 Å². The van der Waals surface area contributed by atoms with Gasteiger partial charge in [0, 0.05) is 44.0 Å². The zero-order valence-corrected chi connectivity index (χ0v) is 31.8. The second kappa shape index (κ2) is 13.3. The summed E-state index contributed by atoms with van der Waals surface area (Å²) in [6.45, 7) is 0. The highest BCUT2D eigenvalue weighted by Crippen LogP contribution is 2.44. The van der Waals surface area contributed by atoms with Gasteiger partial charge in [-0.3, -0.25) is 0 Å². The van der Waals surface area contributed by atoms with Gasteiger partial charge in [-0.05, 0) is 56.1 Å². The van der Waals surface area contributed by atoms with Crippen LogP contribution in [0.15, 0.2) is 205 Å². The molecule has 59 heavy (non-hydrogen) atoms. The van der Waals surface area contributed by atoms with Gasteiger partial charge in [0.2, 0.25) is 0 Å². The van der Waals surface area contributed by atoms with Crippen LogP contribution < -0.4 is 0 Å². The molecule has 4 heteroatoms. The monoisotopic (exact) mass is 751 g/mol. The summed E-state index contributed by atoms with van der Waals surface area (Å²) in [4.78, 5) is 15.7. The summed E-state index contributed by atoms with van der Waals surface area (Å²) in [5, 5.41) is 10.6. The third kappa shape index (κ3) is 5.42. The van der Waals surface area contributed by atoms with Crippen molar-refractivity contribution in [1.29, 1.82) is 0 Å². The van der Waals surface area contributed by atoms with Crippen LogP contribution in [0.2, 0.25) is 0 Å². The molecule has 0 atom stereocenters. The number of benzene rings is 9. The fourth-order valence-electron chi connectivity index (χ4n) is 8.88. The van der Waals surface area contributed by atoms with E-state index in [2.05, 4.69) is 152 Å². The summed E-state index contributed by atoms with van der Waals surface area (Å²) < 4.78 is 6.73. The second-order valence-corrected chi connectivity index (χ2v) is 15.1. The van der Waals surface area contributed by atoms with Crippen molar-refractivity contribution in [3.63, 3.8) is 0 Å². The third-order valence-corrected chi connectivity index (χ3v) is 11.7. The van der Waals surface area contributed by atoms with Crippen LogP contribution in [0.25, 0.3) is 121 Å². The number of para-hydroxylation sites is 2. The molecule has 0 amide bonds. The molecule has 4 nitrogen and oxygen atoms in total. The molecule has 274 valence electrons. The van der Waals surface area contributed by atoms with E-state index in [4.69, 9.17) is 19.4 Å². The Bertz CT molecular complexity index is 3500.